The number of likely N-dealkylation sites (tertiary alicyclic amines) is 1. The maximum atomic E-state index is 15.2. The van der Waals surface area contributed by atoms with Gasteiger partial charge in [-0.05, 0) is 44.5 Å². The SMILES string of the molecule is CC(C)Nc1cc(-c2noc(C3CCN(C(=O)CNC(=O)c4cccc(C#N)c4)CC3(F)F)n2)ccc1C=N. The Morgan fingerprint density at radius 2 is 2.10 bits per heavy atom. The van der Waals surface area contributed by atoms with Crippen LogP contribution in [-0.2, 0) is 4.79 Å². The van der Waals surface area contributed by atoms with Crippen LogP contribution in [-0.4, -0.2) is 64.7 Å². The zero-order valence-electron chi connectivity index (χ0n) is 21.4. The Morgan fingerprint density at radius 1 is 1.31 bits per heavy atom. The Bertz CT molecular complexity index is 1430. The predicted molar refractivity (Wildman–Crippen MR) is 139 cm³/mol. The highest BCUT2D eigenvalue weighted by atomic mass is 19.3. The number of rotatable bonds is 8. The summed E-state index contributed by atoms with van der Waals surface area (Å²) in [5, 5.41) is 26.1. The topological polar surface area (TPSA) is 148 Å². The van der Waals surface area contributed by atoms with Gasteiger partial charge < -0.3 is 25.5 Å². The van der Waals surface area contributed by atoms with E-state index in [1.165, 1.54) is 30.5 Å². The van der Waals surface area contributed by atoms with Crippen LogP contribution >= 0.6 is 0 Å². The van der Waals surface area contributed by atoms with Gasteiger partial charge in [-0.25, -0.2) is 8.78 Å². The fourth-order valence-corrected chi connectivity index (χ4v) is 4.31. The van der Waals surface area contributed by atoms with Crippen LogP contribution < -0.4 is 10.6 Å². The van der Waals surface area contributed by atoms with Crippen molar-refractivity contribution in [3.8, 4) is 17.5 Å². The fourth-order valence-electron chi connectivity index (χ4n) is 4.31. The molecule has 0 radical (unpaired) electrons. The molecule has 3 N–H and O–H groups in total. The van der Waals surface area contributed by atoms with Gasteiger partial charge in [0.15, 0.2) is 0 Å². The van der Waals surface area contributed by atoms with Gasteiger partial charge in [-0.15, -0.1) is 0 Å². The Balaban J connectivity index is 1.40. The van der Waals surface area contributed by atoms with Crippen molar-refractivity contribution in [2.75, 3.05) is 25.0 Å². The summed E-state index contributed by atoms with van der Waals surface area (Å²) in [4.78, 5) is 30.1. The smallest absolute Gasteiger partial charge is 0.276 e. The molecule has 0 saturated carbocycles. The minimum absolute atomic E-state index is 0.0209. The van der Waals surface area contributed by atoms with E-state index in [4.69, 9.17) is 15.2 Å². The van der Waals surface area contributed by atoms with Gasteiger partial charge in [0.25, 0.3) is 11.8 Å². The normalized spacial score (nSPS) is 16.4. The largest absolute Gasteiger partial charge is 0.382 e. The van der Waals surface area contributed by atoms with Crippen molar-refractivity contribution in [3.05, 3.63) is 65.0 Å². The van der Waals surface area contributed by atoms with Crippen molar-refractivity contribution >= 4 is 23.7 Å². The maximum absolute atomic E-state index is 15.2. The number of anilines is 1. The Hall–Kier alpha value is -4.66. The van der Waals surface area contributed by atoms with Crippen LogP contribution in [0.3, 0.4) is 0 Å². The number of carbonyl (C=O) groups is 2. The average molecular weight is 536 g/mol. The quantitative estimate of drug-likeness (QED) is 0.372. The second-order valence-corrected chi connectivity index (χ2v) is 9.49. The zero-order chi connectivity index (χ0) is 28.2. The van der Waals surface area contributed by atoms with Gasteiger partial charge in [0.2, 0.25) is 17.6 Å². The van der Waals surface area contributed by atoms with Crippen LogP contribution in [0.25, 0.3) is 11.4 Å². The van der Waals surface area contributed by atoms with Crippen LogP contribution in [0.2, 0.25) is 0 Å². The van der Waals surface area contributed by atoms with Crippen LogP contribution in [0.15, 0.2) is 47.0 Å². The van der Waals surface area contributed by atoms with Crippen LogP contribution in [0.4, 0.5) is 14.5 Å². The second-order valence-electron chi connectivity index (χ2n) is 9.49. The number of hydrogen-bond acceptors (Lipinski definition) is 8. The number of aromatic nitrogens is 2. The van der Waals surface area contributed by atoms with E-state index in [9.17, 15) is 9.59 Å². The number of halogens is 2. The zero-order valence-corrected chi connectivity index (χ0v) is 21.4. The molecule has 1 unspecified atom stereocenters. The number of amides is 2. The first-order valence-electron chi connectivity index (χ1n) is 12.3. The molecule has 1 atom stereocenters. The molecule has 1 aliphatic rings. The highest BCUT2D eigenvalue weighted by Gasteiger charge is 2.49. The standard InChI is InChI=1S/C27H27F2N7O3/c1-16(2)33-22-11-18(6-7-20(22)13-31)24-34-26(39-35-24)21-8-9-36(15-27(21,28)29)23(37)14-32-25(38)19-5-3-4-17(10-19)12-30/h3-7,10-11,13,16,21,31,33H,8-9,14-15H2,1-2H3,(H,32,38). The summed E-state index contributed by atoms with van der Waals surface area (Å²) in [6.45, 7) is 2.61. The molecule has 1 aliphatic heterocycles. The molecule has 1 saturated heterocycles. The molecular formula is C27H27F2N7O3. The summed E-state index contributed by atoms with van der Waals surface area (Å²) < 4.78 is 35.5. The van der Waals surface area contributed by atoms with Crippen LogP contribution in [0.1, 0.15) is 53.6 Å². The van der Waals surface area contributed by atoms with Gasteiger partial charge in [0, 0.05) is 41.2 Å². The molecular weight excluding hydrogens is 508 g/mol. The van der Waals surface area contributed by atoms with Gasteiger partial charge in [0.1, 0.15) is 5.92 Å². The first-order chi connectivity index (χ1) is 18.6. The fraction of sp³-hybridized carbons (Fsp3) is 0.333. The molecule has 0 bridgehead atoms. The van der Waals surface area contributed by atoms with Crippen LogP contribution in [0, 0.1) is 16.7 Å². The number of nitrogens with zero attached hydrogens (tertiary/aromatic N) is 4. The molecule has 2 amide bonds. The summed E-state index contributed by atoms with van der Waals surface area (Å²) in [6, 6.07) is 13.1. The Kier molecular flexibility index (Phi) is 7.99. The molecule has 12 heteroatoms. The molecule has 2 heterocycles. The van der Waals surface area contributed by atoms with Crippen molar-refractivity contribution in [1.29, 1.82) is 10.7 Å². The third-order valence-corrected chi connectivity index (χ3v) is 6.26. The number of piperidine rings is 1. The van der Waals surface area contributed by atoms with Crippen molar-refractivity contribution in [2.45, 2.75) is 38.2 Å². The molecule has 39 heavy (non-hydrogen) atoms. The van der Waals surface area contributed by atoms with Gasteiger partial charge >= 0.3 is 0 Å². The monoisotopic (exact) mass is 535 g/mol. The van der Waals surface area contributed by atoms with E-state index in [2.05, 4.69) is 20.8 Å². The molecule has 10 nitrogen and oxygen atoms in total. The number of alkyl halides is 2. The van der Waals surface area contributed by atoms with E-state index in [-0.39, 0.29) is 41.8 Å². The number of carbonyl (C=O) groups excluding carboxylic acids is 2. The van der Waals surface area contributed by atoms with Gasteiger partial charge in [-0.2, -0.15) is 10.2 Å². The lowest BCUT2D eigenvalue weighted by atomic mass is 9.92. The number of nitrogens with one attached hydrogen (secondary N) is 3. The van der Waals surface area contributed by atoms with Crippen molar-refractivity contribution < 1.29 is 22.9 Å². The molecule has 4 rings (SSSR count). The predicted octanol–water partition coefficient (Wildman–Crippen LogP) is 3.81. The van der Waals surface area contributed by atoms with E-state index < -0.39 is 36.7 Å². The minimum atomic E-state index is -3.34. The summed E-state index contributed by atoms with van der Waals surface area (Å²) >= 11 is 0. The van der Waals surface area contributed by atoms with E-state index >= 15 is 8.78 Å². The minimum Gasteiger partial charge on any atom is -0.382 e. The summed E-state index contributed by atoms with van der Waals surface area (Å²) in [6.07, 6.45) is 1.11. The maximum Gasteiger partial charge on any atom is 0.276 e. The van der Waals surface area contributed by atoms with Crippen LogP contribution in [0.5, 0.6) is 0 Å². The number of hydrogen-bond donors (Lipinski definition) is 3. The molecule has 1 fully saturated rings. The lowest BCUT2D eigenvalue weighted by molar-refractivity contribution is -0.144. The highest BCUT2D eigenvalue weighted by Crippen LogP contribution is 2.40. The van der Waals surface area contributed by atoms with E-state index in [0.29, 0.717) is 16.8 Å². The van der Waals surface area contributed by atoms with Crippen molar-refractivity contribution in [1.82, 2.24) is 20.4 Å². The first kappa shape index (κ1) is 27.4. The molecule has 3 aromatic rings. The first-order valence-corrected chi connectivity index (χ1v) is 12.3. The third kappa shape index (κ3) is 6.26. The van der Waals surface area contributed by atoms with Gasteiger partial charge in [0.05, 0.1) is 24.7 Å². The van der Waals surface area contributed by atoms with E-state index in [0.717, 1.165) is 4.90 Å². The number of benzene rings is 2. The number of nitriles is 1. The highest BCUT2D eigenvalue weighted by molar-refractivity contribution is 5.96. The van der Waals surface area contributed by atoms with E-state index in [1.807, 2.05) is 19.9 Å². The lowest BCUT2D eigenvalue weighted by Crippen LogP contribution is -2.52. The average Bonchev–Trinajstić information content (AvgIpc) is 3.40. The molecule has 0 spiro atoms. The van der Waals surface area contributed by atoms with Gasteiger partial charge in [-0.1, -0.05) is 23.4 Å². The molecule has 2 aromatic carbocycles. The Labute approximate surface area is 223 Å². The lowest BCUT2D eigenvalue weighted by Gasteiger charge is -2.36. The third-order valence-electron chi connectivity index (χ3n) is 6.26. The molecule has 0 aliphatic carbocycles. The molecule has 1 aromatic heterocycles. The molecule has 202 valence electrons. The van der Waals surface area contributed by atoms with Gasteiger partial charge in [-0.3, -0.25) is 9.59 Å². The Morgan fingerprint density at radius 3 is 2.79 bits per heavy atom. The summed E-state index contributed by atoms with van der Waals surface area (Å²) in [7, 11) is 0. The second kappa shape index (κ2) is 11.4. The summed E-state index contributed by atoms with van der Waals surface area (Å²) in [5.74, 6) is -6.02. The van der Waals surface area contributed by atoms with E-state index in [1.54, 1.807) is 18.2 Å². The van der Waals surface area contributed by atoms with Crippen molar-refractivity contribution in [3.63, 3.8) is 0 Å². The summed E-state index contributed by atoms with van der Waals surface area (Å²) in [5.41, 5.74) is 2.37. The van der Waals surface area contributed by atoms with Crippen molar-refractivity contribution in [2.24, 2.45) is 0 Å².